The lowest BCUT2D eigenvalue weighted by Crippen LogP contribution is -2.34. The second-order valence-corrected chi connectivity index (χ2v) is 8.07. The van der Waals surface area contributed by atoms with Crippen molar-refractivity contribution in [1.82, 2.24) is 4.90 Å². The molecule has 0 unspecified atom stereocenters. The minimum atomic E-state index is 0.252. The number of fused-ring (bicyclic) bond motifs is 1. The van der Waals surface area contributed by atoms with E-state index in [1.165, 1.54) is 16.0 Å². The van der Waals surface area contributed by atoms with Crippen LogP contribution in [0.25, 0.3) is 0 Å². The first-order chi connectivity index (χ1) is 10.6. The molecule has 2 nitrogen and oxygen atoms in total. The van der Waals surface area contributed by atoms with E-state index in [0.29, 0.717) is 12.1 Å². The fourth-order valence-electron chi connectivity index (χ4n) is 2.92. The fraction of sp³-hybridized carbons (Fsp3) is 0.235. The maximum atomic E-state index is 10.9. The molecule has 0 N–H and O–H groups in total. The molecule has 2 heterocycles. The van der Waals surface area contributed by atoms with Gasteiger partial charge in [-0.25, -0.2) is 0 Å². The van der Waals surface area contributed by atoms with Crippen LogP contribution in [-0.4, -0.2) is 24.3 Å². The Morgan fingerprint density at radius 1 is 1.45 bits per heavy atom. The number of hydrogen-bond donors (Lipinski definition) is 0. The van der Waals surface area contributed by atoms with Gasteiger partial charge in [0.05, 0.1) is 4.34 Å². The molecule has 0 fully saturated rings. The second kappa shape index (κ2) is 6.67. The van der Waals surface area contributed by atoms with Crippen molar-refractivity contribution in [2.75, 3.05) is 13.1 Å². The summed E-state index contributed by atoms with van der Waals surface area (Å²) in [5.41, 5.74) is 3.16. The van der Waals surface area contributed by atoms with E-state index in [9.17, 15) is 4.79 Å². The highest BCUT2D eigenvalue weighted by atomic mass is 79.9. The molecule has 1 aliphatic rings. The van der Waals surface area contributed by atoms with E-state index in [4.69, 9.17) is 11.6 Å². The third-order valence-electron chi connectivity index (χ3n) is 3.87. The smallest absolute Gasteiger partial charge is 0.146 e. The van der Waals surface area contributed by atoms with Crippen LogP contribution in [0.5, 0.6) is 0 Å². The van der Waals surface area contributed by atoms with Crippen molar-refractivity contribution >= 4 is 45.2 Å². The van der Waals surface area contributed by atoms with Crippen LogP contribution < -0.4 is 0 Å². The summed E-state index contributed by atoms with van der Waals surface area (Å²) < 4.78 is 1.92. The lowest BCUT2D eigenvalue weighted by Gasteiger charge is -2.33. The lowest BCUT2D eigenvalue weighted by atomic mass is 9.88. The van der Waals surface area contributed by atoms with E-state index >= 15 is 0 Å². The molecular formula is C17H15BrClNOS. The summed E-state index contributed by atoms with van der Waals surface area (Å²) in [6.07, 6.45) is 0.838. The third kappa shape index (κ3) is 3.20. The SMILES string of the molecule is C=C(C=O)CN1Cc2sc(Cl)cc2[C@@H](c2ccccc2Br)C1. The molecule has 0 bridgehead atoms. The lowest BCUT2D eigenvalue weighted by molar-refractivity contribution is -0.105. The molecule has 1 aliphatic heterocycles. The first kappa shape index (κ1) is 15.9. The number of aldehydes is 1. The van der Waals surface area contributed by atoms with Crippen LogP contribution in [0, 0.1) is 0 Å². The molecule has 0 radical (unpaired) electrons. The highest BCUT2D eigenvalue weighted by Crippen LogP contribution is 2.41. The average molecular weight is 397 g/mol. The van der Waals surface area contributed by atoms with Crippen LogP contribution in [0.2, 0.25) is 4.34 Å². The molecule has 1 aromatic heterocycles. The second-order valence-electron chi connectivity index (χ2n) is 5.45. The Bertz CT molecular complexity index is 727. The van der Waals surface area contributed by atoms with Crippen molar-refractivity contribution < 1.29 is 4.79 Å². The fourth-order valence-corrected chi connectivity index (χ4v) is 4.87. The van der Waals surface area contributed by atoms with Gasteiger partial charge < -0.3 is 0 Å². The van der Waals surface area contributed by atoms with Gasteiger partial charge >= 0.3 is 0 Å². The zero-order valence-corrected chi connectivity index (χ0v) is 15.0. The van der Waals surface area contributed by atoms with Gasteiger partial charge in [-0.15, -0.1) is 11.3 Å². The number of carbonyl (C=O) groups excluding carboxylic acids is 1. The molecule has 2 aromatic rings. The maximum Gasteiger partial charge on any atom is 0.146 e. The van der Waals surface area contributed by atoms with Gasteiger partial charge in [0.2, 0.25) is 0 Å². The number of halogens is 2. The molecule has 22 heavy (non-hydrogen) atoms. The standard InChI is InChI=1S/C17H15BrClNOS/c1-11(10-21)7-20-8-14(12-4-2-3-5-15(12)18)13-6-17(19)22-16(13)9-20/h2-6,10,14H,1,7-9H2/t14-/m1/s1. The molecule has 0 saturated carbocycles. The molecule has 1 aromatic carbocycles. The van der Waals surface area contributed by atoms with Crippen molar-refractivity contribution in [2.45, 2.75) is 12.5 Å². The van der Waals surface area contributed by atoms with Crippen LogP contribution in [0.15, 0.2) is 47.0 Å². The van der Waals surface area contributed by atoms with Gasteiger partial charge in [0.25, 0.3) is 0 Å². The summed E-state index contributed by atoms with van der Waals surface area (Å²) in [7, 11) is 0. The first-order valence-electron chi connectivity index (χ1n) is 6.96. The molecule has 0 amide bonds. The van der Waals surface area contributed by atoms with Crippen LogP contribution in [0.4, 0.5) is 0 Å². The Labute approximate surface area is 147 Å². The Balaban J connectivity index is 1.99. The predicted molar refractivity (Wildman–Crippen MR) is 95.8 cm³/mol. The summed E-state index contributed by atoms with van der Waals surface area (Å²) in [5, 5.41) is 0. The number of rotatable bonds is 4. The van der Waals surface area contributed by atoms with Crippen molar-refractivity contribution in [1.29, 1.82) is 0 Å². The van der Waals surface area contributed by atoms with Crippen LogP contribution >= 0.6 is 38.9 Å². The largest absolute Gasteiger partial charge is 0.298 e. The minimum absolute atomic E-state index is 0.252. The summed E-state index contributed by atoms with van der Waals surface area (Å²) in [4.78, 5) is 14.4. The van der Waals surface area contributed by atoms with Crippen LogP contribution in [-0.2, 0) is 11.3 Å². The van der Waals surface area contributed by atoms with E-state index < -0.39 is 0 Å². The Kier molecular flexibility index (Phi) is 4.83. The molecular weight excluding hydrogens is 382 g/mol. The molecule has 114 valence electrons. The van der Waals surface area contributed by atoms with Crippen molar-refractivity contribution in [3.05, 3.63) is 67.3 Å². The zero-order valence-electron chi connectivity index (χ0n) is 11.9. The van der Waals surface area contributed by atoms with E-state index in [1.54, 1.807) is 11.3 Å². The van der Waals surface area contributed by atoms with E-state index in [0.717, 1.165) is 28.2 Å². The van der Waals surface area contributed by atoms with E-state index in [-0.39, 0.29) is 5.92 Å². The molecule has 5 heteroatoms. The van der Waals surface area contributed by atoms with Crippen molar-refractivity contribution in [3.63, 3.8) is 0 Å². The zero-order chi connectivity index (χ0) is 15.7. The Morgan fingerprint density at radius 3 is 2.95 bits per heavy atom. The number of carbonyl (C=O) groups is 1. The summed E-state index contributed by atoms with van der Waals surface area (Å²) in [5.74, 6) is 0.252. The molecule has 0 spiro atoms. The van der Waals surface area contributed by atoms with Gasteiger partial charge in [-0.2, -0.15) is 0 Å². The van der Waals surface area contributed by atoms with Gasteiger partial charge in [0, 0.05) is 34.9 Å². The molecule has 1 atom stereocenters. The predicted octanol–water partition coefficient (Wildman–Crippen LogP) is 4.87. The third-order valence-corrected chi connectivity index (χ3v) is 5.86. The first-order valence-corrected chi connectivity index (χ1v) is 8.95. The van der Waals surface area contributed by atoms with Gasteiger partial charge in [-0.3, -0.25) is 9.69 Å². The quantitative estimate of drug-likeness (QED) is 0.543. The van der Waals surface area contributed by atoms with Gasteiger partial charge in [0.1, 0.15) is 6.29 Å². The topological polar surface area (TPSA) is 20.3 Å². The Morgan fingerprint density at radius 2 is 2.23 bits per heavy atom. The average Bonchev–Trinajstić information content (AvgIpc) is 2.87. The van der Waals surface area contributed by atoms with Crippen LogP contribution in [0.3, 0.4) is 0 Å². The minimum Gasteiger partial charge on any atom is -0.298 e. The van der Waals surface area contributed by atoms with Gasteiger partial charge in [-0.1, -0.05) is 52.3 Å². The number of hydrogen-bond acceptors (Lipinski definition) is 3. The Hall–Kier alpha value is -0.940. The van der Waals surface area contributed by atoms with Crippen molar-refractivity contribution in [2.24, 2.45) is 0 Å². The van der Waals surface area contributed by atoms with Gasteiger partial charge in [0.15, 0.2) is 0 Å². The highest BCUT2D eigenvalue weighted by molar-refractivity contribution is 9.10. The van der Waals surface area contributed by atoms with E-state index in [2.05, 4.69) is 51.7 Å². The normalized spacial score (nSPS) is 18.0. The molecule has 0 aliphatic carbocycles. The molecule has 3 rings (SSSR count). The van der Waals surface area contributed by atoms with Gasteiger partial charge in [-0.05, 0) is 28.8 Å². The van der Waals surface area contributed by atoms with Crippen LogP contribution in [0.1, 0.15) is 21.9 Å². The summed E-state index contributed by atoms with van der Waals surface area (Å²) >= 11 is 11.5. The number of thiophene rings is 1. The maximum absolute atomic E-state index is 10.9. The monoisotopic (exact) mass is 395 g/mol. The number of nitrogens with zero attached hydrogens (tertiary/aromatic N) is 1. The van der Waals surface area contributed by atoms with E-state index in [1.807, 2.05) is 6.07 Å². The molecule has 0 saturated heterocycles. The highest BCUT2D eigenvalue weighted by Gasteiger charge is 2.29. The van der Waals surface area contributed by atoms with Crippen molar-refractivity contribution in [3.8, 4) is 0 Å². The number of benzene rings is 1. The summed E-state index contributed by atoms with van der Waals surface area (Å²) in [6.45, 7) is 6.08. The summed E-state index contributed by atoms with van der Waals surface area (Å²) in [6, 6.07) is 10.4.